The lowest BCUT2D eigenvalue weighted by atomic mass is 9.93. The number of hydrogen-bond donors (Lipinski definition) is 0. The van der Waals surface area contributed by atoms with Gasteiger partial charge in [0, 0.05) is 0 Å². The van der Waals surface area contributed by atoms with Crippen LogP contribution in [0.15, 0.2) is 10.2 Å². The Hall–Kier alpha value is -0.910. The minimum absolute atomic E-state index is 0.217. The van der Waals surface area contributed by atoms with Crippen molar-refractivity contribution in [2.75, 3.05) is 0 Å². The quantitative estimate of drug-likeness (QED) is 0.619. The number of nitrogens with zero attached hydrogens (tertiary/aromatic N) is 3. The third-order valence-electron chi connectivity index (χ3n) is 2.11. The van der Waals surface area contributed by atoms with Crippen molar-refractivity contribution in [2.24, 2.45) is 16.1 Å². The predicted molar refractivity (Wildman–Crippen MR) is 58.1 cm³/mol. The lowest BCUT2D eigenvalue weighted by molar-refractivity contribution is 0.423. The molecule has 80 valence electrons. The van der Waals surface area contributed by atoms with E-state index in [0.29, 0.717) is 5.92 Å². The van der Waals surface area contributed by atoms with Gasteiger partial charge in [0.2, 0.25) is 0 Å². The van der Waals surface area contributed by atoms with Crippen LogP contribution in [0, 0.1) is 17.2 Å². The summed E-state index contributed by atoms with van der Waals surface area (Å²) in [7, 11) is 0. The molecule has 0 aromatic heterocycles. The van der Waals surface area contributed by atoms with Crippen molar-refractivity contribution in [3.05, 3.63) is 0 Å². The molecular weight excluding hydrogens is 174 g/mol. The van der Waals surface area contributed by atoms with Crippen molar-refractivity contribution in [1.82, 2.24) is 0 Å². The summed E-state index contributed by atoms with van der Waals surface area (Å²) in [6.45, 7) is 10.1. The molecule has 0 amide bonds. The Morgan fingerprint density at radius 1 is 1.36 bits per heavy atom. The molecule has 0 saturated heterocycles. The molecular formula is C11H21N3. The Labute approximate surface area is 87.2 Å². The van der Waals surface area contributed by atoms with Gasteiger partial charge < -0.3 is 0 Å². The Morgan fingerprint density at radius 3 is 2.29 bits per heavy atom. The first-order chi connectivity index (χ1) is 6.43. The van der Waals surface area contributed by atoms with Crippen LogP contribution in [-0.2, 0) is 0 Å². The zero-order chi connectivity index (χ0) is 11.2. The monoisotopic (exact) mass is 195 g/mol. The molecule has 0 radical (unpaired) electrons. The van der Waals surface area contributed by atoms with E-state index in [9.17, 15) is 0 Å². The SMILES string of the molecule is CCC(C)N=NC(C)(C#N)CC(C)C. The van der Waals surface area contributed by atoms with Crippen molar-refractivity contribution in [3.63, 3.8) is 0 Å². The molecule has 0 heterocycles. The second kappa shape index (κ2) is 5.74. The third-order valence-corrected chi connectivity index (χ3v) is 2.11. The average molecular weight is 195 g/mol. The van der Waals surface area contributed by atoms with Gasteiger partial charge in [0.05, 0.1) is 12.1 Å². The highest BCUT2D eigenvalue weighted by Gasteiger charge is 2.24. The first-order valence-corrected chi connectivity index (χ1v) is 5.26. The second-order valence-corrected chi connectivity index (χ2v) is 4.46. The fourth-order valence-electron chi connectivity index (χ4n) is 1.21. The van der Waals surface area contributed by atoms with Gasteiger partial charge in [-0.1, -0.05) is 20.8 Å². The van der Waals surface area contributed by atoms with Crippen LogP contribution < -0.4 is 0 Å². The maximum Gasteiger partial charge on any atom is 0.164 e. The molecule has 0 aliphatic rings. The van der Waals surface area contributed by atoms with Crippen molar-refractivity contribution >= 4 is 0 Å². The van der Waals surface area contributed by atoms with Gasteiger partial charge in [-0.05, 0) is 32.6 Å². The summed E-state index contributed by atoms with van der Waals surface area (Å²) < 4.78 is 0. The number of nitriles is 1. The van der Waals surface area contributed by atoms with Gasteiger partial charge in [-0.15, -0.1) is 0 Å². The van der Waals surface area contributed by atoms with Gasteiger partial charge in [0.1, 0.15) is 0 Å². The van der Waals surface area contributed by atoms with Crippen molar-refractivity contribution in [3.8, 4) is 6.07 Å². The van der Waals surface area contributed by atoms with Crippen LogP contribution in [0.4, 0.5) is 0 Å². The highest BCUT2D eigenvalue weighted by Crippen LogP contribution is 2.21. The van der Waals surface area contributed by atoms with Gasteiger partial charge in [0.25, 0.3) is 0 Å². The zero-order valence-corrected chi connectivity index (χ0v) is 9.91. The molecule has 0 aliphatic heterocycles. The number of hydrogen-bond acceptors (Lipinski definition) is 3. The third kappa shape index (κ3) is 4.96. The van der Waals surface area contributed by atoms with Crippen LogP contribution in [0.5, 0.6) is 0 Å². The van der Waals surface area contributed by atoms with E-state index in [1.165, 1.54) is 0 Å². The van der Waals surface area contributed by atoms with Crippen LogP contribution in [0.3, 0.4) is 0 Å². The molecule has 0 rings (SSSR count). The predicted octanol–water partition coefficient (Wildman–Crippen LogP) is 3.57. The Kier molecular flexibility index (Phi) is 5.37. The van der Waals surface area contributed by atoms with E-state index in [0.717, 1.165) is 12.8 Å². The molecule has 3 heteroatoms. The first-order valence-electron chi connectivity index (χ1n) is 5.26. The van der Waals surface area contributed by atoms with Gasteiger partial charge in [-0.25, -0.2) is 0 Å². The van der Waals surface area contributed by atoms with E-state index in [1.54, 1.807) is 0 Å². The van der Waals surface area contributed by atoms with E-state index in [4.69, 9.17) is 5.26 Å². The summed E-state index contributed by atoms with van der Waals surface area (Å²) in [6, 6.07) is 2.45. The normalized spacial score (nSPS) is 18.1. The second-order valence-electron chi connectivity index (χ2n) is 4.46. The smallest absolute Gasteiger partial charge is 0.164 e. The van der Waals surface area contributed by atoms with E-state index in [-0.39, 0.29) is 6.04 Å². The number of rotatable bonds is 5. The fourth-order valence-corrected chi connectivity index (χ4v) is 1.21. The van der Waals surface area contributed by atoms with Crippen LogP contribution in [0.1, 0.15) is 47.5 Å². The summed E-state index contributed by atoms with van der Waals surface area (Å²) in [4.78, 5) is 0. The van der Waals surface area contributed by atoms with E-state index in [1.807, 2.05) is 13.8 Å². The summed E-state index contributed by atoms with van der Waals surface area (Å²) >= 11 is 0. The highest BCUT2D eigenvalue weighted by molar-refractivity contribution is 5.03. The topological polar surface area (TPSA) is 48.5 Å². The maximum atomic E-state index is 9.02. The van der Waals surface area contributed by atoms with Crippen LogP contribution in [0.2, 0.25) is 0 Å². The van der Waals surface area contributed by atoms with Gasteiger partial charge in [0.15, 0.2) is 5.54 Å². The van der Waals surface area contributed by atoms with Crippen molar-refractivity contribution in [2.45, 2.75) is 59.0 Å². The number of azo groups is 1. The molecule has 3 nitrogen and oxygen atoms in total. The summed E-state index contributed by atoms with van der Waals surface area (Å²) in [5, 5.41) is 17.3. The lowest BCUT2D eigenvalue weighted by Gasteiger charge is -2.17. The molecule has 0 fully saturated rings. The summed E-state index contributed by atoms with van der Waals surface area (Å²) in [5.74, 6) is 0.468. The standard InChI is InChI=1S/C11H21N3/c1-6-10(4)13-14-11(5,8-12)7-9(2)3/h9-10H,6-7H2,1-5H3. The Balaban J connectivity index is 4.41. The van der Waals surface area contributed by atoms with Gasteiger partial charge in [-0.3, -0.25) is 0 Å². The molecule has 0 bridgehead atoms. The zero-order valence-electron chi connectivity index (χ0n) is 9.91. The maximum absolute atomic E-state index is 9.02. The lowest BCUT2D eigenvalue weighted by Crippen LogP contribution is -2.21. The van der Waals surface area contributed by atoms with Crippen LogP contribution in [0.25, 0.3) is 0 Å². The Bertz CT molecular complexity index is 227. The Morgan fingerprint density at radius 2 is 1.93 bits per heavy atom. The fraction of sp³-hybridized carbons (Fsp3) is 0.909. The highest BCUT2D eigenvalue weighted by atomic mass is 15.2. The molecule has 0 aromatic carbocycles. The molecule has 2 atom stereocenters. The molecule has 0 aliphatic carbocycles. The summed E-state index contributed by atoms with van der Waals surface area (Å²) in [6.07, 6.45) is 1.73. The molecule has 2 unspecified atom stereocenters. The molecule has 0 spiro atoms. The van der Waals surface area contributed by atoms with Crippen molar-refractivity contribution in [1.29, 1.82) is 5.26 Å². The molecule has 0 saturated carbocycles. The minimum atomic E-state index is -0.641. The molecule has 0 aromatic rings. The molecule has 0 N–H and O–H groups in total. The van der Waals surface area contributed by atoms with Crippen LogP contribution in [-0.4, -0.2) is 11.6 Å². The minimum Gasteiger partial charge on any atom is -0.196 e. The van der Waals surface area contributed by atoms with E-state index < -0.39 is 5.54 Å². The van der Waals surface area contributed by atoms with E-state index in [2.05, 4.69) is 37.1 Å². The van der Waals surface area contributed by atoms with Crippen molar-refractivity contribution < 1.29 is 0 Å². The summed E-state index contributed by atoms with van der Waals surface area (Å²) in [5.41, 5.74) is -0.641. The van der Waals surface area contributed by atoms with Gasteiger partial charge in [-0.2, -0.15) is 15.5 Å². The van der Waals surface area contributed by atoms with Crippen LogP contribution >= 0.6 is 0 Å². The van der Waals surface area contributed by atoms with E-state index >= 15 is 0 Å². The largest absolute Gasteiger partial charge is 0.196 e. The first kappa shape index (κ1) is 13.1. The average Bonchev–Trinajstić information content (AvgIpc) is 2.13. The van der Waals surface area contributed by atoms with Gasteiger partial charge >= 0.3 is 0 Å². The molecule has 14 heavy (non-hydrogen) atoms.